The van der Waals surface area contributed by atoms with Gasteiger partial charge >= 0.3 is 11.6 Å². The monoisotopic (exact) mass is 309 g/mol. The van der Waals surface area contributed by atoms with Crippen LogP contribution in [-0.4, -0.2) is 45.3 Å². The molecule has 7 nitrogen and oxygen atoms in total. The lowest BCUT2D eigenvalue weighted by molar-refractivity contribution is -0.00605. The lowest BCUT2D eigenvalue weighted by atomic mass is 10.2. The summed E-state index contributed by atoms with van der Waals surface area (Å²) in [7, 11) is 2.85. The molecule has 1 aromatic carbocycles. The molecule has 0 fully saturated rings. The first kappa shape index (κ1) is 17.8. The Labute approximate surface area is 129 Å². The molecule has 1 N–H and O–H groups in total. The van der Waals surface area contributed by atoms with E-state index >= 15 is 0 Å². The van der Waals surface area contributed by atoms with Crippen molar-refractivity contribution in [3.05, 3.63) is 47.0 Å². The van der Waals surface area contributed by atoms with Crippen LogP contribution < -0.4 is 4.74 Å². The molecule has 0 bridgehead atoms. The van der Waals surface area contributed by atoms with Gasteiger partial charge in [-0.15, -0.1) is 0 Å². The summed E-state index contributed by atoms with van der Waals surface area (Å²) < 4.78 is 20.8. The zero-order chi connectivity index (χ0) is 16.2. The molecule has 0 aliphatic carbocycles. The molecule has 1 rings (SSSR count). The number of hydrogen-bond acceptors (Lipinski definition) is 6. The highest BCUT2D eigenvalue weighted by molar-refractivity contribution is 5.21. The molecular formula is C15H21N2O5+. The molecule has 1 atom stereocenters. The predicted octanol–water partition coefficient (Wildman–Crippen LogP) is 2.71. The van der Waals surface area contributed by atoms with Crippen molar-refractivity contribution in [2.24, 2.45) is 0 Å². The Bertz CT molecular complexity index is 498. The Morgan fingerprint density at radius 2 is 1.95 bits per heavy atom. The van der Waals surface area contributed by atoms with Crippen molar-refractivity contribution in [3.8, 4) is 5.75 Å². The smallest absolute Gasteiger partial charge is 0.443 e. The van der Waals surface area contributed by atoms with E-state index < -0.39 is 12.0 Å². The molecule has 0 radical (unpaired) electrons. The van der Waals surface area contributed by atoms with Crippen molar-refractivity contribution < 1.29 is 24.1 Å². The lowest BCUT2D eigenvalue weighted by Gasteiger charge is -2.16. The number of benzene rings is 1. The Kier molecular flexibility index (Phi) is 8.42. The molecule has 7 heteroatoms. The van der Waals surface area contributed by atoms with Crippen molar-refractivity contribution in [3.63, 3.8) is 0 Å². The van der Waals surface area contributed by atoms with Crippen LogP contribution in [0.2, 0.25) is 0 Å². The fourth-order valence-electron chi connectivity index (χ4n) is 1.67. The third-order valence-electron chi connectivity index (χ3n) is 2.80. The van der Waals surface area contributed by atoms with Crippen LogP contribution in [0.5, 0.6) is 5.75 Å². The Morgan fingerprint density at radius 1 is 1.23 bits per heavy atom. The highest BCUT2D eigenvalue weighted by Gasteiger charge is 2.26. The molecule has 0 amide bonds. The van der Waals surface area contributed by atoms with Crippen LogP contribution in [0.25, 0.3) is 4.98 Å². The van der Waals surface area contributed by atoms with E-state index in [1.165, 1.54) is 7.11 Å². The second kappa shape index (κ2) is 10.4. The summed E-state index contributed by atoms with van der Waals surface area (Å²) in [6.45, 7) is 1.00. The molecule has 0 saturated carbocycles. The van der Waals surface area contributed by atoms with Gasteiger partial charge in [-0.05, 0) is 12.1 Å². The van der Waals surface area contributed by atoms with E-state index in [1.54, 1.807) is 7.11 Å². The Balaban J connectivity index is 2.64. The maximum absolute atomic E-state index is 9.51. The Hall–Kier alpha value is -2.30. The van der Waals surface area contributed by atoms with E-state index in [2.05, 4.69) is 9.71 Å². The third kappa shape index (κ3) is 6.43. The largest absolute Gasteiger partial charge is 0.491 e. The summed E-state index contributed by atoms with van der Waals surface area (Å²) in [6.07, 6.45) is -0.300. The van der Waals surface area contributed by atoms with Crippen molar-refractivity contribution >= 4 is 0 Å². The van der Waals surface area contributed by atoms with Gasteiger partial charge in [0.15, 0.2) is 4.98 Å². The van der Waals surface area contributed by atoms with E-state index in [0.29, 0.717) is 19.0 Å². The number of nitrogens with zero attached hydrogens (tertiary/aromatic N) is 2. The number of aliphatic hydroxyl groups excluding tert-OH is 1. The minimum Gasteiger partial charge on any atom is -0.491 e. The lowest BCUT2D eigenvalue weighted by Crippen LogP contribution is -2.24. The molecule has 0 spiro atoms. The minimum absolute atomic E-state index is 0.0124. The fraction of sp³-hybridized carbons (Fsp3) is 0.467. The van der Waals surface area contributed by atoms with Crippen LogP contribution in [-0.2, 0) is 14.2 Å². The summed E-state index contributed by atoms with van der Waals surface area (Å²) in [5.74, 6) is 0.243. The molecule has 0 heterocycles. The van der Waals surface area contributed by atoms with Crippen LogP contribution in [0.1, 0.15) is 6.42 Å². The zero-order valence-electron chi connectivity index (χ0n) is 12.8. The van der Waals surface area contributed by atoms with Gasteiger partial charge in [-0.2, -0.15) is 0 Å². The number of hydrogen-bond donors (Lipinski definition) is 1. The van der Waals surface area contributed by atoms with E-state index in [-0.39, 0.29) is 18.7 Å². The standard InChI is InChI=1S/C15H20N2O5/c1-19-8-9-21-13(10-14(17-16)15(18)20-2)11-22-12-6-4-3-5-7-12/h3-7,13H,8-11H2,1-2H3/p+1/b15-14+. The zero-order valence-corrected chi connectivity index (χ0v) is 12.8. The van der Waals surface area contributed by atoms with E-state index in [0.717, 1.165) is 0 Å². The average molecular weight is 309 g/mol. The molecule has 0 saturated heterocycles. The third-order valence-corrected chi connectivity index (χ3v) is 2.80. The SMILES string of the molecule is COCCOC(COc1ccccc1)C/C([N+]#N)=C(/O)OC. The number of rotatable bonds is 10. The number of ether oxygens (including phenoxy) is 4. The van der Waals surface area contributed by atoms with Crippen LogP contribution in [0.3, 0.4) is 0 Å². The van der Waals surface area contributed by atoms with E-state index in [9.17, 15) is 5.11 Å². The van der Waals surface area contributed by atoms with E-state index in [1.807, 2.05) is 30.3 Å². The first-order valence-corrected chi connectivity index (χ1v) is 6.80. The average Bonchev–Trinajstić information content (AvgIpc) is 2.57. The Morgan fingerprint density at radius 3 is 2.55 bits per heavy atom. The molecule has 120 valence electrons. The summed E-state index contributed by atoms with van der Waals surface area (Å²) in [6, 6.07) is 9.27. The summed E-state index contributed by atoms with van der Waals surface area (Å²) in [4.78, 5) is 3.02. The molecule has 1 unspecified atom stereocenters. The van der Waals surface area contributed by atoms with Crippen LogP contribution in [0.15, 0.2) is 42.0 Å². The number of diazo groups is 1. The summed E-state index contributed by atoms with van der Waals surface area (Å²) in [5.41, 5.74) is -0.0124. The van der Waals surface area contributed by atoms with Gasteiger partial charge in [0.1, 0.15) is 18.5 Å². The van der Waals surface area contributed by atoms with Crippen molar-refractivity contribution in [2.75, 3.05) is 34.0 Å². The van der Waals surface area contributed by atoms with Gasteiger partial charge in [-0.3, -0.25) is 0 Å². The van der Waals surface area contributed by atoms with Crippen LogP contribution in [0, 0.1) is 5.39 Å². The second-order valence-corrected chi connectivity index (χ2v) is 4.37. The first-order chi connectivity index (χ1) is 10.7. The maximum Gasteiger partial charge on any atom is 0.443 e. The molecule has 0 aromatic heterocycles. The predicted molar refractivity (Wildman–Crippen MR) is 79.9 cm³/mol. The molecule has 1 aromatic rings. The number of aliphatic hydroxyl groups is 1. The van der Waals surface area contributed by atoms with E-state index in [4.69, 9.17) is 19.6 Å². The van der Waals surface area contributed by atoms with Crippen molar-refractivity contribution in [2.45, 2.75) is 12.5 Å². The van der Waals surface area contributed by atoms with Crippen molar-refractivity contribution in [1.29, 1.82) is 5.39 Å². The number of methoxy groups -OCH3 is 2. The van der Waals surface area contributed by atoms with Gasteiger partial charge in [0, 0.05) is 7.11 Å². The van der Waals surface area contributed by atoms with Gasteiger partial charge in [0.05, 0.1) is 26.7 Å². The van der Waals surface area contributed by atoms with Gasteiger partial charge in [0.25, 0.3) is 0 Å². The van der Waals surface area contributed by atoms with Crippen LogP contribution in [0.4, 0.5) is 0 Å². The maximum atomic E-state index is 9.51. The van der Waals surface area contributed by atoms with Crippen molar-refractivity contribution in [1.82, 2.24) is 0 Å². The molecular weight excluding hydrogens is 288 g/mol. The summed E-state index contributed by atoms with van der Waals surface area (Å²) in [5, 5.41) is 18.4. The quantitative estimate of drug-likeness (QED) is 0.406. The molecule has 22 heavy (non-hydrogen) atoms. The van der Waals surface area contributed by atoms with Gasteiger partial charge in [-0.1, -0.05) is 18.2 Å². The summed E-state index contributed by atoms with van der Waals surface area (Å²) >= 11 is 0. The number of para-hydroxylation sites is 1. The highest BCUT2D eigenvalue weighted by Crippen LogP contribution is 2.16. The topological polar surface area (TPSA) is 85.3 Å². The van der Waals surface area contributed by atoms with Gasteiger partial charge in [0.2, 0.25) is 5.39 Å². The normalized spacial score (nSPS) is 13.0. The van der Waals surface area contributed by atoms with Gasteiger partial charge in [-0.25, -0.2) is 0 Å². The molecule has 0 aliphatic rings. The fourth-order valence-corrected chi connectivity index (χ4v) is 1.67. The molecule has 0 aliphatic heterocycles. The van der Waals surface area contributed by atoms with Crippen LogP contribution >= 0.6 is 0 Å². The first-order valence-electron chi connectivity index (χ1n) is 6.80. The minimum atomic E-state index is -0.456. The highest BCUT2D eigenvalue weighted by atomic mass is 16.6. The van der Waals surface area contributed by atoms with Gasteiger partial charge < -0.3 is 24.1 Å². The second-order valence-electron chi connectivity index (χ2n) is 4.37.